The molecule has 0 aliphatic carbocycles. The highest BCUT2D eigenvalue weighted by atomic mass is 16.5. The zero-order valence-corrected chi connectivity index (χ0v) is 19.6. The van der Waals surface area contributed by atoms with E-state index in [9.17, 15) is 0 Å². The molecule has 1 atom stereocenters. The van der Waals surface area contributed by atoms with Gasteiger partial charge in [0.25, 0.3) is 0 Å². The number of rotatable bonds is 9. The molecule has 2 aliphatic heterocycles. The molecule has 3 rings (SSSR count). The molecule has 2 saturated heterocycles. The van der Waals surface area contributed by atoms with Gasteiger partial charge in [-0.25, -0.2) is 0 Å². The molecule has 174 valence electrons. The van der Waals surface area contributed by atoms with E-state index >= 15 is 0 Å². The smallest absolute Gasteiger partial charge is 0.191 e. The lowest BCUT2D eigenvalue weighted by molar-refractivity contribution is 0.0132. The van der Waals surface area contributed by atoms with Crippen LogP contribution in [0.3, 0.4) is 0 Å². The zero-order chi connectivity index (χ0) is 21.9. The molecule has 7 heteroatoms. The maximum absolute atomic E-state index is 5.53. The monoisotopic (exact) mass is 431 g/mol. The number of nitrogens with one attached hydrogen (secondary N) is 2. The van der Waals surface area contributed by atoms with E-state index in [0.29, 0.717) is 12.0 Å². The number of nitrogens with zero attached hydrogens (tertiary/aromatic N) is 3. The topological polar surface area (TPSA) is 61.4 Å². The van der Waals surface area contributed by atoms with Crippen LogP contribution in [0.15, 0.2) is 29.3 Å². The molecule has 2 aliphatic rings. The van der Waals surface area contributed by atoms with Crippen LogP contribution in [0, 0.1) is 5.92 Å². The van der Waals surface area contributed by atoms with Crippen LogP contribution in [-0.2, 0) is 22.6 Å². The van der Waals surface area contributed by atoms with Gasteiger partial charge in [-0.1, -0.05) is 38.1 Å². The molecular formula is C24H41N5O2. The number of aliphatic imine (C=N–C) groups is 1. The Morgan fingerprint density at radius 2 is 1.55 bits per heavy atom. The summed E-state index contributed by atoms with van der Waals surface area (Å²) in [5, 5.41) is 7.01. The Bertz CT molecular complexity index is 652. The minimum atomic E-state index is 0.502. The second-order valence-corrected chi connectivity index (χ2v) is 8.94. The molecule has 1 unspecified atom stereocenters. The van der Waals surface area contributed by atoms with Gasteiger partial charge in [-0.3, -0.25) is 14.8 Å². The van der Waals surface area contributed by atoms with E-state index in [4.69, 9.17) is 9.47 Å². The van der Waals surface area contributed by atoms with E-state index in [0.717, 1.165) is 78.2 Å². The van der Waals surface area contributed by atoms with Crippen molar-refractivity contribution in [2.75, 3.05) is 66.2 Å². The molecule has 0 radical (unpaired) electrons. The molecule has 0 bridgehead atoms. The van der Waals surface area contributed by atoms with E-state index in [1.807, 2.05) is 7.05 Å². The predicted molar refractivity (Wildman–Crippen MR) is 126 cm³/mol. The lowest BCUT2D eigenvalue weighted by Gasteiger charge is -2.35. The third-order valence-electron chi connectivity index (χ3n) is 6.03. The lowest BCUT2D eigenvalue weighted by Crippen LogP contribution is -2.50. The molecule has 1 aromatic carbocycles. The summed E-state index contributed by atoms with van der Waals surface area (Å²) < 4.78 is 11.0. The summed E-state index contributed by atoms with van der Waals surface area (Å²) >= 11 is 0. The SMILES string of the molecule is CN=C(NCc1ccc(CN2CCOCC2)cc1)NCC(CC(C)C)N1CCOCC1. The molecule has 0 aromatic heterocycles. The van der Waals surface area contributed by atoms with Gasteiger partial charge in [0, 0.05) is 58.9 Å². The van der Waals surface area contributed by atoms with Crippen molar-refractivity contribution in [3.05, 3.63) is 35.4 Å². The lowest BCUT2D eigenvalue weighted by atomic mass is 10.0. The standard InChI is InChI=1S/C24H41N5O2/c1-20(2)16-23(29-10-14-31-15-11-29)18-27-24(25-3)26-17-21-4-6-22(7-5-21)19-28-8-12-30-13-9-28/h4-7,20,23H,8-19H2,1-3H3,(H2,25,26,27). The summed E-state index contributed by atoms with van der Waals surface area (Å²) in [6, 6.07) is 9.40. The Kier molecular flexibility index (Phi) is 10.1. The number of hydrogen-bond donors (Lipinski definition) is 2. The van der Waals surface area contributed by atoms with E-state index in [-0.39, 0.29) is 0 Å². The van der Waals surface area contributed by atoms with Crippen LogP contribution in [0.1, 0.15) is 31.4 Å². The number of benzene rings is 1. The Hall–Kier alpha value is -1.67. The Morgan fingerprint density at radius 3 is 2.16 bits per heavy atom. The molecule has 1 aromatic rings. The van der Waals surface area contributed by atoms with Gasteiger partial charge in [0.15, 0.2) is 5.96 Å². The molecule has 2 fully saturated rings. The first kappa shape index (κ1) is 24.0. The van der Waals surface area contributed by atoms with Gasteiger partial charge in [0.1, 0.15) is 0 Å². The van der Waals surface area contributed by atoms with Gasteiger partial charge in [-0.15, -0.1) is 0 Å². The number of morpholine rings is 2. The summed E-state index contributed by atoms with van der Waals surface area (Å²) in [6.45, 7) is 14.7. The molecule has 0 saturated carbocycles. The van der Waals surface area contributed by atoms with Gasteiger partial charge >= 0.3 is 0 Å². The maximum Gasteiger partial charge on any atom is 0.191 e. The van der Waals surface area contributed by atoms with Crippen LogP contribution in [-0.4, -0.2) is 88.0 Å². The fraction of sp³-hybridized carbons (Fsp3) is 0.708. The molecule has 2 heterocycles. The van der Waals surface area contributed by atoms with Gasteiger partial charge < -0.3 is 20.1 Å². The molecular weight excluding hydrogens is 390 g/mol. The van der Waals surface area contributed by atoms with Crippen molar-refractivity contribution in [3.8, 4) is 0 Å². The van der Waals surface area contributed by atoms with Crippen molar-refractivity contribution >= 4 is 5.96 Å². The Morgan fingerprint density at radius 1 is 0.935 bits per heavy atom. The average Bonchev–Trinajstić information content (AvgIpc) is 2.80. The molecule has 0 amide bonds. The van der Waals surface area contributed by atoms with E-state index in [1.54, 1.807) is 0 Å². The predicted octanol–water partition coefficient (Wildman–Crippen LogP) is 1.93. The minimum Gasteiger partial charge on any atom is -0.379 e. The van der Waals surface area contributed by atoms with Gasteiger partial charge in [0.2, 0.25) is 0 Å². The van der Waals surface area contributed by atoms with E-state index < -0.39 is 0 Å². The second-order valence-electron chi connectivity index (χ2n) is 8.94. The first-order valence-corrected chi connectivity index (χ1v) is 11.8. The summed E-state index contributed by atoms with van der Waals surface area (Å²) in [5.74, 6) is 1.53. The van der Waals surface area contributed by atoms with Crippen LogP contribution in [0.25, 0.3) is 0 Å². The number of ether oxygens (including phenoxy) is 2. The van der Waals surface area contributed by atoms with Crippen molar-refractivity contribution in [3.63, 3.8) is 0 Å². The molecule has 31 heavy (non-hydrogen) atoms. The summed E-state index contributed by atoms with van der Waals surface area (Å²) in [6.07, 6.45) is 1.18. The average molecular weight is 432 g/mol. The van der Waals surface area contributed by atoms with Crippen LogP contribution in [0.4, 0.5) is 0 Å². The largest absolute Gasteiger partial charge is 0.379 e. The van der Waals surface area contributed by atoms with Gasteiger partial charge in [-0.2, -0.15) is 0 Å². The fourth-order valence-electron chi connectivity index (χ4n) is 4.25. The Labute approximate surface area is 188 Å². The van der Waals surface area contributed by atoms with Crippen LogP contribution >= 0.6 is 0 Å². The van der Waals surface area contributed by atoms with Crippen LogP contribution in [0.2, 0.25) is 0 Å². The van der Waals surface area contributed by atoms with Crippen molar-refractivity contribution < 1.29 is 9.47 Å². The minimum absolute atomic E-state index is 0.502. The second kappa shape index (κ2) is 13.0. The van der Waals surface area contributed by atoms with Gasteiger partial charge in [-0.05, 0) is 23.5 Å². The first-order chi connectivity index (χ1) is 15.1. The third-order valence-corrected chi connectivity index (χ3v) is 6.03. The maximum atomic E-state index is 5.53. The highest BCUT2D eigenvalue weighted by molar-refractivity contribution is 5.79. The van der Waals surface area contributed by atoms with Crippen LogP contribution in [0.5, 0.6) is 0 Å². The van der Waals surface area contributed by atoms with E-state index in [1.165, 1.54) is 17.5 Å². The van der Waals surface area contributed by atoms with Crippen molar-refractivity contribution in [1.82, 2.24) is 20.4 Å². The summed E-state index contributed by atoms with van der Waals surface area (Å²) in [5.41, 5.74) is 2.62. The summed E-state index contributed by atoms with van der Waals surface area (Å²) in [7, 11) is 1.84. The number of hydrogen-bond acceptors (Lipinski definition) is 5. The third kappa shape index (κ3) is 8.41. The van der Waals surface area contributed by atoms with Crippen LogP contribution < -0.4 is 10.6 Å². The van der Waals surface area contributed by atoms with E-state index in [2.05, 4.69) is 63.5 Å². The van der Waals surface area contributed by atoms with Crippen molar-refractivity contribution in [2.24, 2.45) is 10.9 Å². The Balaban J connectivity index is 1.44. The number of guanidine groups is 1. The summed E-state index contributed by atoms with van der Waals surface area (Å²) in [4.78, 5) is 9.43. The molecule has 2 N–H and O–H groups in total. The zero-order valence-electron chi connectivity index (χ0n) is 19.6. The fourth-order valence-corrected chi connectivity index (χ4v) is 4.25. The first-order valence-electron chi connectivity index (χ1n) is 11.8. The van der Waals surface area contributed by atoms with Crippen molar-refractivity contribution in [2.45, 2.75) is 39.4 Å². The van der Waals surface area contributed by atoms with Gasteiger partial charge in [0.05, 0.1) is 26.4 Å². The molecule has 0 spiro atoms. The van der Waals surface area contributed by atoms with Crippen molar-refractivity contribution in [1.29, 1.82) is 0 Å². The quantitative estimate of drug-likeness (QED) is 0.460. The highest BCUT2D eigenvalue weighted by Gasteiger charge is 2.22. The normalized spacial score (nSPS) is 20.1. The highest BCUT2D eigenvalue weighted by Crippen LogP contribution is 2.13. The molecule has 7 nitrogen and oxygen atoms in total.